The Morgan fingerprint density at radius 1 is 1.29 bits per heavy atom. The van der Waals surface area contributed by atoms with Gasteiger partial charge in [0.15, 0.2) is 5.75 Å². The number of benzene rings is 2. The first-order valence-corrected chi connectivity index (χ1v) is 6.38. The molecule has 2 rings (SSSR count). The van der Waals surface area contributed by atoms with Gasteiger partial charge in [-0.3, -0.25) is 10.1 Å². The van der Waals surface area contributed by atoms with Crippen molar-refractivity contribution in [2.45, 2.75) is 20.5 Å². The lowest BCUT2D eigenvalue weighted by Crippen LogP contribution is -2.01. The summed E-state index contributed by atoms with van der Waals surface area (Å²) >= 11 is 0. The van der Waals surface area contributed by atoms with Gasteiger partial charge in [-0.25, -0.2) is 0 Å². The monoisotopic (exact) mass is 282 g/mol. The molecule has 21 heavy (non-hydrogen) atoms. The number of nitrogens with zero attached hydrogens (tertiary/aromatic N) is 2. The summed E-state index contributed by atoms with van der Waals surface area (Å²) in [5, 5.41) is 20.0. The van der Waals surface area contributed by atoms with Gasteiger partial charge in [0.05, 0.1) is 16.6 Å². The van der Waals surface area contributed by atoms with Gasteiger partial charge in [0.1, 0.15) is 6.61 Å². The van der Waals surface area contributed by atoms with Crippen LogP contribution in [-0.4, -0.2) is 4.92 Å². The van der Waals surface area contributed by atoms with Crippen molar-refractivity contribution in [3.8, 4) is 11.8 Å². The molecule has 0 saturated heterocycles. The molecular weight excluding hydrogens is 268 g/mol. The number of hydrogen-bond acceptors (Lipinski definition) is 4. The quantitative estimate of drug-likeness (QED) is 0.633. The Morgan fingerprint density at radius 2 is 2.05 bits per heavy atom. The molecule has 0 aliphatic heterocycles. The molecule has 0 aliphatic carbocycles. The Morgan fingerprint density at radius 3 is 2.71 bits per heavy atom. The van der Waals surface area contributed by atoms with Gasteiger partial charge < -0.3 is 4.74 Å². The summed E-state index contributed by atoms with van der Waals surface area (Å²) in [5.41, 5.74) is 2.83. The molecule has 5 heteroatoms. The van der Waals surface area contributed by atoms with Gasteiger partial charge in [-0.15, -0.1) is 0 Å². The fourth-order valence-corrected chi connectivity index (χ4v) is 2.14. The fraction of sp³-hybridized carbons (Fsp3) is 0.188. The van der Waals surface area contributed by atoms with Crippen molar-refractivity contribution in [3.63, 3.8) is 0 Å². The van der Waals surface area contributed by atoms with Crippen molar-refractivity contribution in [2.75, 3.05) is 0 Å². The van der Waals surface area contributed by atoms with Gasteiger partial charge in [0, 0.05) is 6.07 Å². The second-order valence-corrected chi connectivity index (χ2v) is 4.79. The molecule has 0 radical (unpaired) electrons. The molecule has 0 amide bonds. The molecule has 0 heterocycles. The van der Waals surface area contributed by atoms with Crippen LogP contribution in [0, 0.1) is 35.3 Å². The van der Waals surface area contributed by atoms with Crippen LogP contribution in [-0.2, 0) is 6.61 Å². The Labute approximate surface area is 122 Å². The van der Waals surface area contributed by atoms with E-state index in [1.807, 2.05) is 12.1 Å². The van der Waals surface area contributed by atoms with E-state index in [2.05, 4.69) is 6.07 Å². The van der Waals surface area contributed by atoms with Gasteiger partial charge in [0.2, 0.25) is 0 Å². The lowest BCUT2D eigenvalue weighted by atomic mass is 10.1. The van der Waals surface area contributed by atoms with Crippen LogP contribution in [0.4, 0.5) is 5.69 Å². The molecule has 0 spiro atoms. The van der Waals surface area contributed by atoms with E-state index in [4.69, 9.17) is 10.00 Å². The van der Waals surface area contributed by atoms with Gasteiger partial charge >= 0.3 is 5.69 Å². The van der Waals surface area contributed by atoms with Crippen molar-refractivity contribution in [3.05, 3.63) is 68.8 Å². The van der Waals surface area contributed by atoms with Crippen molar-refractivity contribution >= 4 is 5.69 Å². The third kappa shape index (κ3) is 3.37. The van der Waals surface area contributed by atoms with Crippen LogP contribution in [0.2, 0.25) is 0 Å². The topological polar surface area (TPSA) is 76.2 Å². The summed E-state index contributed by atoms with van der Waals surface area (Å²) in [6, 6.07) is 12.4. The van der Waals surface area contributed by atoms with E-state index in [9.17, 15) is 10.1 Å². The maximum atomic E-state index is 11.1. The minimum atomic E-state index is -0.443. The number of ether oxygens (including phenoxy) is 1. The van der Waals surface area contributed by atoms with Crippen LogP contribution in [0.25, 0.3) is 0 Å². The van der Waals surface area contributed by atoms with Gasteiger partial charge in [-0.05, 0) is 42.7 Å². The van der Waals surface area contributed by atoms with Gasteiger partial charge in [-0.2, -0.15) is 5.26 Å². The third-order valence-corrected chi connectivity index (χ3v) is 3.04. The molecule has 0 aromatic heterocycles. The average molecular weight is 282 g/mol. The highest BCUT2D eigenvalue weighted by molar-refractivity contribution is 5.53. The highest BCUT2D eigenvalue weighted by Gasteiger charge is 2.18. The summed E-state index contributed by atoms with van der Waals surface area (Å²) in [5.74, 6) is 0.271. The molecule has 5 nitrogen and oxygen atoms in total. The largest absolute Gasteiger partial charge is 0.482 e. The van der Waals surface area contributed by atoms with E-state index in [1.165, 1.54) is 6.07 Å². The molecule has 0 aliphatic rings. The number of hydrogen-bond donors (Lipinski definition) is 0. The number of nitro benzene ring substituents is 1. The summed E-state index contributed by atoms with van der Waals surface area (Å²) in [4.78, 5) is 10.7. The van der Waals surface area contributed by atoms with Crippen LogP contribution in [0.1, 0.15) is 22.3 Å². The third-order valence-electron chi connectivity index (χ3n) is 3.04. The normalized spacial score (nSPS) is 9.95. The number of nitro groups is 1. The summed E-state index contributed by atoms with van der Waals surface area (Å²) in [7, 11) is 0. The highest BCUT2D eigenvalue weighted by atomic mass is 16.6. The lowest BCUT2D eigenvalue weighted by molar-refractivity contribution is -0.386. The van der Waals surface area contributed by atoms with E-state index in [-0.39, 0.29) is 18.0 Å². The second kappa shape index (κ2) is 6.06. The minimum absolute atomic E-state index is 0.0380. The first-order chi connectivity index (χ1) is 10.0. The minimum Gasteiger partial charge on any atom is -0.482 e. The fourth-order valence-electron chi connectivity index (χ4n) is 2.14. The van der Waals surface area contributed by atoms with Crippen LogP contribution in [0.5, 0.6) is 5.75 Å². The molecule has 0 N–H and O–H groups in total. The van der Waals surface area contributed by atoms with Gasteiger partial charge in [0.25, 0.3) is 0 Å². The lowest BCUT2D eigenvalue weighted by Gasteiger charge is -2.10. The van der Waals surface area contributed by atoms with Crippen molar-refractivity contribution in [1.29, 1.82) is 5.26 Å². The number of aryl methyl sites for hydroxylation is 2. The molecule has 0 fully saturated rings. The smallest absolute Gasteiger partial charge is 0.311 e. The highest BCUT2D eigenvalue weighted by Crippen LogP contribution is 2.32. The SMILES string of the molecule is Cc1cc(C)c(OCc2cccc(C#N)c2)c([N+](=O)[O-])c1. The van der Waals surface area contributed by atoms with E-state index in [0.29, 0.717) is 5.56 Å². The zero-order chi connectivity index (χ0) is 15.4. The van der Waals surface area contributed by atoms with Crippen LogP contribution in [0.3, 0.4) is 0 Å². The Kier molecular flexibility index (Phi) is 4.19. The van der Waals surface area contributed by atoms with Crippen molar-refractivity contribution < 1.29 is 9.66 Å². The summed E-state index contributed by atoms with van der Waals surface area (Å²) in [6.07, 6.45) is 0. The maximum Gasteiger partial charge on any atom is 0.311 e. The van der Waals surface area contributed by atoms with E-state index in [0.717, 1.165) is 16.7 Å². The van der Waals surface area contributed by atoms with Crippen LogP contribution in [0.15, 0.2) is 36.4 Å². The Balaban J connectivity index is 2.27. The average Bonchev–Trinajstić information content (AvgIpc) is 2.45. The Bertz CT molecular complexity index is 733. The first-order valence-electron chi connectivity index (χ1n) is 6.38. The summed E-state index contributed by atoms with van der Waals surface area (Å²) in [6.45, 7) is 3.77. The molecule has 106 valence electrons. The van der Waals surface area contributed by atoms with Crippen LogP contribution < -0.4 is 4.74 Å². The zero-order valence-corrected chi connectivity index (χ0v) is 11.8. The van der Waals surface area contributed by atoms with E-state index >= 15 is 0 Å². The molecular formula is C16H14N2O3. The van der Waals surface area contributed by atoms with Crippen molar-refractivity contribution in [2.24, 2.45) is 0 Å². The first kappa shape index (κ1) is 14.5. The molecule has 2 aromatic carbocycles. The maximum absolute atomic E-state index is 11.1. The van der Waals surface area contributed by atoms with E-state index in [1.54, 1.807) is 32.0 Å². The number of rotatable bonds is 4. The molecule has 0 saturated carbocycles. The van der Waals surface area contributed by atoms with Crippen molar-refractivity contribution in [1.82, 2.24) is 0 Å². The standard InChI is InChI=1S/C16H14N2O3/c1-11-6-12(2)16(15(7-11)18(19)20)21-10-14-5-3-4-13(8-14)9-17/h3-8H,10H2,1-2H3. The van der Waals surface area contributed by atoms with Crippen LogP contribution >= 0.6 is 0 Å². The molecule has 0 unspecified atom stereocenters. The molecule has 2 aromatic rings. The summed E-state index contributed by atoms with van der Waals surface area (Å²) < 4.78 is 5.62. The van der Waals surface area contributed by atoms with Gasteiger partial charge in [-0.1, -0.05) is 18.2 Å². The number of nitriles is 1. The zero-order valence-electron chi connectivity index (χ0n) is 11.8. The predicted octanol–water partition coefficient (Wildman–Crippen LogP) is 3.66. The van der Waals surface area contributed by atoms with E-state index < -0.39 is 4.92 Å². The molecule has 0 atom stereocenters. The predicted molar refractivity (Wildman–Crippen MR) is 78.1 cm³/mol. The molecule has 0 bridgehead atoms. The second-order valence-electron chi connectivity index (χ2n) is 4.79. The Hall–Kier alpha value is -2.87.